The Hall–Kier alpha value is -2.76. The topological polar surface area (TPSA) is 111 Å². The van der Waals surface area contributed by atoms with Crippen molar-refractivity contribution in [3.05, 3.63) is 47.9 Å². The molecule has 1 amide bonds. The second-order valence-corrected chi connectivity index (χ2v) is 12.4. The summed E-state index contributed by atoms with van der Waals surface area (Å²) in [4.78, 5) is 14.7. The molecule has 2 fully saturated rings. The van der Waals surface area contributed by atoms with Gasteiger partial charge in [-0.25, -0.2) is 13.1 Å². The standard InChI is InChI=1S/C26H36N6O4S/c1-30-15-22(14-27-30)26(33)32-11-10-23(29-37(3,34)35)25(16-32)36-17-18-4-6-19(7-5-18)20-8-9-24-21(12-20)13-28-31(24)2/h8-9,12-15,18-19,23,25,29H,4-7,10-11,16-17H2,1-3H3/t18?,19?,23-,25+/m0/s1. The van der Waals surface area contributed by atoms with Crippen LogP contribution in [0.15, 0.2) is 36.8 Å². The number of amides is 1. The Bertz CT molecular complexity index is 1360. The number of sulfonamides is 1. The van der Waals surface area contributed by atoms with E-state index in [1.165, 1.54) is 17.2 Å². The number of aryl methyl sites for hydroxylation is 2. The molecule has 10 nitrogen and oxygen atoms in total. The fourth-order valence-electron chi connectivity index (χ4n) is 5.75. The Morgan fingerprint density at radius 2 is 1.89 bits per heavy atom. The first-order valence-electron chi connectivity index (χ1n) is 12.9. The van der Waals surface area contributed by atoms with Crippen LogP contribution in [-0.4, -0.2) is 76.9 Å². The molecule has 1 aliphatic heterocycles. The van der Waals surface area contributed by atoms with Crippen LogP contribution in [0.1, 0.15) is 53.9 Å². The molecular formula is C26H36N6O4S. The lowest BCUT2D eigenvalue weighted by Crippen LogP contribution is -2.56. The molecule has 0 spiro atoms. The van der Waals surface area contributed by atoms with Crippen LogP contribution >= 0.6 is 0 Å². The summed E-state index contributed by atoms with van der Waals surface area (Å²) in [6.45, 7) is 1.38. The van der Waals surface area contributed by atoms with Crippen molar-refractivity contribution in [3.63, 3.8) is 0 Å². The molecule has 5 rings (SSSR count). The molecule has 1 saturated heterocycles. The second kappa shape index (κ2) is 10.5. The maximum Gasteiger partial charge on any atom is 0.257 e. The number of aromatic nitrogens is 4. The fraction of sp³-hybridized carbons (Fsp3) is 0.577. The van der Waals surface area contributed by atoms with E-state index < -0.39 is 16.1 Å². The predicted octanol–water partition coefficient (Wildman–Crippen LogP) is 2.43. The zero-order valence-electron chi connectivity index (χ0n) is 21.7. The van der Waals surface area contributed by atoms with E-state index in [0.717, 1.165) is 31.2 Å². The Balaban J connectivity index is 1.19. The number of benzene rings is 1. The number of carbonyl (C=O) groups is 1. The number of likely N-dealkylation sites (tertiary alicyclic amines) is 1. The largest absolute Gasteiger partial charge is 0.374 e. The summed E-state index contributed by atoms with van der Waals surface area (Å²) < 4.78 is 36.5. The zero-order valence-corrected chi connectivity index (χ0v) is 22.5. The molecular weight excluding hydrogens is 492 g/mol. The number of hydrogen-bond acceptors (Lipinski definition) is 6. The van der Waals surface area contributed by atoms with Crippen LogP contribution in [0.5, 0.6) is 0 Å². The van der Waals surface area contributed by atoms with E-state index in [-0.39, 0.29) is 11.9 Å². The third-order valence-electron chi connectivity index (χ3n) is 7.80. The predicted molar refractivity (Wildman–Crippen MR) is 141 cm³/mol. The average molecular weight is 529 g/mol. The Morgan fingerprint density at radius 1 is 1.11 bits per heavy atom. The summed E-state index contributed by atoms with van der Waals surface area (Å²) >= 11 is 0. The van der Waals surface area contributed by atoms with Gasteiger partial charge in [0.1, 0.15) is 0 Å². The summed E-state index contributed by atoms with van der Waals surface area (Å²) in [7, 11) is 0.345. The van der Waals surface area contributed by atoms with Gasteiger partial charge in [0, 0.05) is 45.4 Å². The Labute approximate surface area is 218 Å². The summed E-state index contributed by atoms with van der Waals surface area (Å²) in [6.07, 6.45) is 10.8. The third-order valence-corrected chi connectivity index (χ3v) is 8.53. The van der Waals surface area contributed by atoms with Gasteiger partial charge in [0.2, 0.25) is 10.0 Å². The minimum atomic E-state index is -3.39. The zero-order chi connectivity index (χ0) is 26.2. The molecule has 1 aliphatic carbocycles. The SMILES string of the molecule is Cn1cc(C(=O)N2CC[C@H](NS(C)(=O)=O)[C@H](OCC3CCC(c4ccc5c(cnn5C)c4)CC3)C2)cn1. The Kier molecular flexibility index (Phi) is 7.37. The first-order chi connectivity index (χ1) is 17.7. The minimum absolute atomic E-state index is 0.106. The van der Waals surface area contributed by atoms with Crippen LogP contribution in [0.4, 0.5) is 0 Å². The lowest BCUT2D eigenvalue weighted by molar-refractivity contribution is -0.0311. The van der Waals surface area contributed by atoms with Crippen molar-refractivity contribution in [1.29, 1.82) is 0 Å². The summed E-state index contributed by atoms with van der Waals surface area (Å²) in [5.41, 5.74) is 3.04. The maximum atomic E-state index is 13.0. The van der Waals surface area contributed by atoms with Crippen molar-refractivity contribution in [2.75, 3.05) is 26.0 Å². The van der Waals surface area contributed by atoms with Crippen LogP contribution in [0.3, 0.4) is 0 Å². The van der Waals surface area contributed by atoms with Crippen molar-refractivity contribution in [2.45, 2.75) is 50.2 Å². The van der Waals surface area contributed by atoms with Crippen LogP contribution in [0.2, 0.25) is 0 Å². The van der Waals surface area contributed by atoms with E-state index in [1.54, 1.807) is 29.0 Å². The van der Waals surface area contributed by atoms with Crippen LogP contribution in [0, 0.1) is 5.92 Å². The molecule has 0 unspecified atom stereocenters. The van der Waals surface area contributed by atoms with Gasteiger partial charge in [0.15, 0.2) is 0 Å². The number of piperidine rings is 1. The molecule has 2 atom stereocenters. The van der Waals surface area contributed by atoms with E-state index in [9.17, 15) is 13.2 Å². The van der Waals surface area contributed by atoms with Crippen LogP contribution in [0.25, 0.3) is 10.9 Å². The molecule has 1 aromatic carbocycles. The summed E-state index contributed by atoms with van der Waals surface area (Å²) in [5, 5.41) is 9.63. The first kappa shape index (κ1) is 25.9. The molecule has 200 valence electrons. The molecule has 1 N–H and O–H groups in total. The van der Waals surface area contributed by atoms with Crippen LogP contribution in [-0.2, 0) is 28.9 Å². The van der Waals surface area contributed by atoms with Crippen LogP contribution < -0.4 is 4.72 Å². The van der Waals surface area contributed by atoms with Gasteiger partial charge in [-0.05, 0) is 61.6 Å². The van der Waals surface area contributed by atoms with E-state index in [0.29, 0.717) is 43.5 Å². The molecule has 0 bridgehead atoms. The molecule has 1 saturated carbocycles. The van der Waals surface area contributed by atoms with Crippen molar-refractivity contribution >= 4 is 26.8 Å². The van der Waals surface area contributed by atoms with Gasteiger partial charge in [-0.2, -0.15) is 10.2 Å². The van der Waals surface area contributed by atoms with Gasteiger partial charge < -0.3 is 9.64 Å². The quantitative estimate of drug-likeness (QED) is 0.504. The van der Waals surface area contributed by atoms with Gasteiger partial charge in [-0.1, -0.05) is 6.07 Å². The van der Waals surface area contributed by atoms with Gasteiger partial charge in [0.05, 0.1) is 41.9 Å². The van der Waals surface area contributed by atoms with Gasteiger partial charge in [-0.3, -0.25) is 14.2 Å². The Morgan fingerprint density at radius 3 is 2.59 bits per heavy atom. The normalized spacial score (nSPS) is 25.0. The van der Waals surface area contributed by atoms with E-state index in [1.807, 2.05) is 17.9 Å². The smallest absolute Gasteiger partial charge is 0.257 e. The number of rotatable bonds is 7. The van der Waals surface area contributed by atoms with Crippen molar-refractivity contribution in [3.8, 4) is 0 Å². The minimum Gasteiger partial charge on any atom is -0.374 e. The van der Waals surface area contributed by atoms with Gasteiger partial charge in [0.25, 0.3) is 5.91 Å². The second-order valence-electron chi connectivity index (χ2n) is 10.6. The highest BCUT2D eigenvalue weighted by atomic mass is 32.2. The van der Waals surface area contributed by atoms with Crippen molar-refractivity contribution < 1.29 is 17.9 Å². The molecule has 3 heterocycles. The van der Waals surface area contributed by atoms with E-state index in [2.05, 4.69) is 33.1 Å². The maximum absolute atomic E-state index is 13.0. The average Bonchev–Trinajstić information content (AvgIpc) is 3.47. The number of fused-ring (bicyclic) bond motifs is 1. The number of hydrogen-bond donors (Lipinski definition) is 1. The number of nitrogens with zero attached hydrogens (tertiary/aromatic N) is 5. The van der Waals surface area contributed by atoms with Gasteiger partial charge in [-0.15, -0.1) is 0 Å². The highest BCUT2D eigenvalue weighted by molar-refractivity contribution is 7.88. The number of carbonyl (C=O) groups excluding carboxylic acids is 1. The summed E-state index contributed by atoms with van der Waals surface area (Å²) in [6, 6.07) is 6.29. The van der Waals surface area contributed by atoms with Crippen molar-refractivity contribution in [1.82, 2.24) is 29.2 Å². The fourth-order valence-corrected chi connectivity index (χ4v) is 6.57. The molecule has 11 heteroatoms. The highest BCUT2D eigenvalue weighted by Crippen LogP contribution is 2.37. The first-order valence-corrected chi connectivity index (χ1v) is 14.8. The third kappa shape index (κ3) is 6.05. The molecule has 3 aromatic rings. The lowest BCUT2D eigenvalue weighted by atomic mass is 9.79. The summed E-state index contributed by atoms with van der Waals surface area (Å²) in [5.74, 6) is 0.843. The monoisotopic (exact) mass is 528 g/mol. The molecule has 2 aliphatic rings. The number of ether oxygens (including phenoxy) is 1. The lowest BCUT2D eigenvalue weighted by Gasteiger charge is -2.39. The number of nitrogens with one attached hydrogen (secondary N) is 1. The molecule has 0 radical (unpaired) electrons. The van der Waals surface area contributed by atoms with E-state index in [4.69, 9.17) is 4.74 Å². The van der Waals surface area contributed by atoms with Gasteiger partial charge >= 0.3 is 0 Å². The molecule has 2 aromatic heterocycles. The van der Waals surface area contributed by atoms with Crippen molar-refractivity contribution in [2.24, 2.45) is 20.0 Å². The van der Waals surface area contributed by atoms with E-state index >= 15 is 0 Å². The molecule has 37 heavy (non-hydrogen) atoms. The highest BCUT2D eigenvalue weighted by Gasteiger charge is 2.35.